The van der Waals surface area contributed by atoms with Crippen LogP contribution in [0.3, 0.4) is 0 Å². The number of carboxylic acids is 1. The molecule has 2 aromatic heterocycles. The number of amides is 1. The van der Waals surface area contributed by atoms with Crippen molar-refractivity contribution in [2.75, 3.05) is 5.01 Å². The molecule has 7 nitrogen and oxygen atoms in total. The van der Waals surface area contributed by atoms with E-state index in [4.69, 9.17) is 9.52 Å². The van der Waals surface area contributed by atoms with E-state index in [1.165, 1.54) is 41.4 Å². The number of furan rings is 1. The van der Waals surface area contributed by atoms with Gasteiger partial charge in [0, 0.05) is 6.20 Å². The summed E-state index contributed by atoms with van der Waals surface area (Å²) >= 11 is 0. The number of carbonyl (C=O) groups excluding carboxylic acids is 1. The summed E-state index contributed by atoms with van der Waals surface area (Å²) < 4.78 is 20.0. The minimum Gasteiger partial charge on any atom is -0.478 e. The van der Waals surface area contributed by atoms with E-state index in [0.29, 0.717) is 34.2 Å². The second-order valence-electron chi connectivity index (χ2n) is 7.37. The van der Waals surface area contributed by atoms with E-state index >= 15 is 0 Å². The first-order valence-corrected chi connectivity index (χ1v) is 10.3. The van der Waals surface area contributed by atoms with Crippen LogP contribution in [0, 0.1) is 5.82 Å². The topological polar surface area (TPSA) is 96.0 Å². The third-order valence-electron chi connectivity index (χ3n) is 5.20. The number of rotatable bonds is 5. The molecule has 0 saturated heterocycles. The van der Waals surface area contributed by atoms with Gasteiger partial charge in [-0.2, -0.15) is 10.1 Å². The maximum absolute atomic E-state index is 14.2. The summed E-state index contributed by atoms with van der Waals surface area (Å²) in [4.78, 5) is 28.8. The third kappa shape index (κ3) is 3.88. The van der Waals surface area contributed by atoms with Crippen molar-refractivity contribution < 1.29 is 23.5 Å². The zero-order chi connectivity index (χ0) is 23.7. The molecule has 0 aliphatic carbocycles. The molecule has 1 N–H and O–H groups in total. The van der Waals surface area contributed by atoms with Crippen molar-refractivity contribution in [3.05, 3.63) is 113 Å². The molecule has 34 heavy (non-hydrogen) atoms. The summed E-state index contributed by atoms with van der Waals surface area (Å²) in [5, 5.41) is 14.8. The molecule has 1 amide bonds. The molecule has 0 bridgehead atoms. The molecule has 1 aliphatic rings. The lowest BCUT2D eigenvalue weighted by molar-refractivity contribution is -0.114. The average molecular weight is 453 g/mol. The number of hydrazone groups is 1. The second kappa shape index (κ2) is 8.59. The van der Waals surface area contributed by atoms with Gasteiger partial charge in [0.15, 0.2) is 0 Å². The highest BCUT2D eigenvalue weighted by molar-refractivity contribution is 6.37. The Bertz CT molecular complexity index is 1460. The van der Waals surface area contributed by atoms with Crippen molar-refractivity contribution in [2.24, 2.45) is 5.10 Å². The molecule has 0 unspecified atom stereocenters. The van der Waals surface area contributed by atoms with Crippen molar-refractivity contribution in [2.45, 2.75) is 0 Å². The molecule has 0 saturated carbocycles. The second-order valence-corrected chi connectivity index (χ2v) is 7.37. The Morgan fingerprint density at radius 3 is 2.44 bits per heavy atom. The van der Waals surface area contributed by atoms with E-state index < -0.39 is 17.7 Å². The normalized spacial score (nSPS) is 14.5. The Balaban J connectivity index is 1.55. The highest BCUT2D eigenvalue weighted by Crippen LogP contribution is 2.30. The van der Waals surface area contributed by atoms with Gasteiger partial charge in [0.1, 0.15) is 23.0 Å². The van der Waals surface area contributed by atoms with Gasteiger partial charge in [-0.15, -0.1) is 0 Å². The van der Waals surface area contributed by atoms with Crippen LogP contribution in [0.2, 0.25) is 0 Å². The SMILES string of the molecule is O=C(O)c1ccc(N2N=C(c3ccccn3)/C(=C/c3ccc(-c4ccccc4F)o3)C2=O)cc1. The van der Waals surface area contributed by atoms with Crippen LogP contribution in [0.15, 0.2) is 100 Å². The molecule has 0 atom stereocenters. The number of hydrogen-bond acceptors (Lipinski definition) is 5. The maximum Gasteiger partial charge on any atom is 0.335 e. The first-order valence-electron chi connectivity index (χ1n) is 10.3. The van der Waals surface area contributed by atoms with Gasteiger partial charge in [0.25, 0.3) is 5.91 Å². The summed E-state index contributed by atoms with van der Waals surface area (Å²) in [5.74, 6) is -1.26. The molecular formula is C26H16FN3O4. The van der Waals surface area contributed by atoms with Gasteiger partial charge < -0.3 is 9.52 Å². The standard InChI is InChI=1S/C26H16FN3O4/c27-21-6-2-1-5-19(21)23-13-12-18(34-23)15-20-24(22-7-3-4-14-28-22)29-30(25(20)31)17-10-8-16(9-11-17)26(32)33/h1-15H,(H,32,33)/b20-15-. The van der Waals surface area contributed by atoms with Gasteiger partial charge in [0.2, 0.25) is 0 Å². The molecule has 3 heterocycles. The van der Waals surface area contributed by atoms with Crippen LogP contribution in [0.4, 0.5) is 10.1 Å². The summed E-state index contributed by atoms with van der Waals surface area (Å²) in [6.07, 6.45) is 3.12. The predicted molar refractivity (Wildman–Crippen MR) is 124 cm³/mol. The smallest absolute Gasteiger partial charge is 0.335 e. The molecule has 166 valence electrons. The van der Waals surface area contributed by atoms with Gasteiger partial charge >= 0.3 is 5.97 Å². The van der Waals surface area contributed by atoms with Gasteiger partial charge in [-0.3, -0.25) is 9.78 Å². The van der Waals surface area contributed by atoms with Crippen molar-refractivity contribution >= 4 is 29.4 Å². The molecule has 0 radical (unpaired) electrons. The molecule has 8 heteroatoms. The maximum atomic E-state index is 14.2. The van der Waals surface area contributed by atoms with Gasteiger partial charge in [-0.25, -0.2) is 9.18 Å². The lowest BCUT2D eigenvalue weighted by atomic mass is 10.1. The van der Waals surface area contributed by atoms with E-state index in [1.807, 2.05) is 0 Å². The number of halogens is 1. The number of anilines is 1. The number of aromatic carboxylic acids is 1. The van der Waals surface area contributed by atoms with Crippen LogP contribution in [-0.4, -0.2) is 27.7 Å². The summed E-state index contributed by atoms with van der Waals surface area (Å²) in [6.45, 7) is 0. The van der Waals surface area contributed by atoms with Crippen LogP contribution >= 0.6 is 0 Å². The summed E-state index contributed by atoms with van der Waals surface area (Å²) in [5.41, 5.74) is 1.85. The van der Waals surface area contributed by atoms with Crippen LogP contribution in [0.25, 0.3) is 17.4 Å². The predicted octanol–water partition coefficient (Wildman–Crippen LogP) is 5.01. The van der Waals surface area contributed by atoms with Gasteiger partial charge in [-0.1, -0.05) is 18.2 Å². The fraction of sp³-hybridized carbons (Fsp3) is 0. The lowest BCUT2D eigenvalue weighted by Crippen LogP contribution is -2.21. The highest BCUT2D eigenvalue weighted by Gasteiger charge is 2.33. The molecule has 1 aliphatic heterocycles. The van der Waals surface area contributed by atoms with E-state index in [1.54, 1.807) is 54.7 Å². The minimum atomic E-state index is -1.07. The fourth-order valence-electron chi connectivity index (χ4n) is 3.54. The molecule has 0 fully saturated rings. The Hall–Kier alpha value is -4.85. The number of pyridine rings is 1. The first-order chi connectivity index (χ1) is 16.5. The molecular weight excluding hydrogens is 437 g/mol. The van der Waals surface area contributed by atoms with E-state index in [9.17, 15) is 14.0 Å². The zero-order valence-corrected chi connectivity index (χ0v) is 17.6. The third-order valence-corrected chi connectivity index (χ3v) is 5.20. The average Bonchev–Trinajstić information content (AvgIpc) is 3.45. The number of hydrogen-bond donors (Lipinski definition) is 1. The quantitative estimate of drug-likeness (QED) is 0.429. The first kappa shape index (κ1) is 21.0. The number of aromatic nitrogens is 1. The number of nitrogens with zero attached hydrogens (tertiary/aromatic N) is 3. The van der Waals surface area contributed by atoms with Gasteiger partial charge in [0.05, 0.1) is 28.1 Å². The Labute approximate surface area is 193 Å². The Morgan fingerprint density at radius 1 is 0.971 bits per heavy atom. The summed E-state index contributed by atoms with van der Waals surface area (Å²) in [6, 6.07) is 20.6. The van der Waals surface area contributed by atoms with E-state index in [-0.39, 0.29) is 11.1 Å². The van der Waals surface area contributed by atoms with E-state index in [2.05, 4.69) is 10.1 Å². The van der Waals surface area contributed by atoms with E-state index in [0.717, 1.165) is 0 Å². The number of benzene rings is 2. The highest BCUT2D eigenvalue weighted by atomic mass is 19.1. The fourth-order valence-corrected chi connectivity index (χ4v) is 3.54. The van der Waals surface area contributed by atoms with Crippen LogP contribution < -0.4 is 5.01 Å². The van der Waals surface area contributed by atoms with Crippen LogP contribution in [0.1, 0.15) is 21.8 Å². The Kier molecular flexibility index (Phi) is 5.31. The zero-order valence-electron chi connectivity index (χ0n) is 17.6. The number of carboxylic acid groups (broad SMARTS) is 1. The molecule has 5 rings (SSSR count). The molecule has 2 aromatic carbocycles. The van der Waals surface area contributed by atoms with Crippen molar-refractivity contribution in [3.8, 4) is 11.3 Å². The lowest BCUT2D eigenvalue weighted by Gasteiger charge is -2.11. The Morgan fingerprint density at radius 2 is 1.74 bits per heavy atom. The van der Waals surface area contributed by atoms with Crippen molar-refractivity contribution in [3.63, 3.8) is 0 Å². The van der Waals surface area contributed by atoms with Crippen LogP contribution in [0.5, 0.6) is 0 Å². The molecule has 0 spiro atoms. The minimum absolute atomic E-state index is 0.0938. The number of carbonyl (C=O) groups is 2. The summed E-state index contributed by atoms with van der Waals surface area (Å²) in [7, 11) is 0. The monoisotopic (exact) mass is 453 g/mol. The van der Waals surface area contributed by atoms with Gasteiger partial charge in [-0.05, 0) is 66.7 Å². The largest absolute Gasteiger partial charge is 0.478 e. The van der Waals surface area contributed by atoms with Crippen LogP contribution in [-0.2, 0) is 4.79 Å². The molecule has 4 aromatic rings. The van der Waals surface area contributed by atoms with Crippen molar-refractivity contribution in [1.82, 2.24) is 4.98 Å². The van der Waals surface area contributed by atoms with Crippen molar-refractivity contribution in [1.29, 1.82) is 0 Å².